The van der Waals surface area contributed by atoms with Crippen LogP contribution in [0.4, 0.5) is 0 Å². The Morgan fingerprint density at radius 1 is 1.26 bits per heavy atom. The summed E-state index contributed by atoms with van der Waals surface area (Å²) in [5.74, 6) is 0.841. The van der Waals surface area contributed by atoms with Gasteiger partial charge in [0.1, 0.15) is 10.7 Å². The Morgan fingerprint density at radius 2 is 2.04 bits per heavy atom. The molecule has 1 fully saturated rings. The molecule has 1 atom stereocenters. The minimum absolute atomic E-state index is 0.0289. The number of aromatic nitrogens is 3. The van der Waals surface area contributed by atoms with Gasteiger partial charge in [0.25, 0.3) is 5.91 Å². The number of carbonyl (C=O) groups is 1. The summed E-state index contributed by atoms with van der Waals surface area (Å²) in [6.45, 7) is 4.77. The number of fused-ring (bicyclic) bond motifs is 1. The molecule has 6 heteroatoms. The molecular formula is C17H18N4OS. The lowest BCUT2D eigenvalue weighted by Crippen LogP contribution is -2.30. The summed E-state index contributed by atoms with van der Waals surface area (Å²) in [6, 6.07) is 8.64. The van der Waals surface area contributed by atoms with Gasteiger partial charge in [-0.2, -0.15) is 0 Å². The number of hydrogen-bond acceptors (Lipinski definition) is 4. The van der Waals surface area contributed by atoms with Crippen LogP contribution in [0.1, 0.15) is 45.6 Å². The Labute approximate surface area is 138 Å². The third kappa shape index (κ3) is 2.43. The number of imidazole rings is 1. The van der Waals surface area contributed by atoms with Crippen LogP contribution in [0.3, 0.4) is 0 Å². The molecule has 2 aromatic heterocycles. The van der Waals surface area contributed by atoms with Crippen LogP contribution in [0.25, 0.3) is 4.83 Å². The van der Waals surface area contributed by atoms with Crippen LogP contribution >= 0.6 is 11.3 Å². The van der Waals surface area contributed by atoms with E-state index in [1.54, 1.807) is 10.7 Å². The first-order valence-electron chi connectivity index (χ1n) is 7.82. The number of amides is 1. The van der Waals surface area contributed by atoms with Crippen LogP contribution in [0.2, 0.25) is 0 Å². The summed E-state index contributed by atoms with van der Waals surface area (Å²) in [7, 11) is 0. The van der Waals surface area contributed by atoms with Gasteiger partial charge in [-0.05, 0) is 32.3 Å². The molecule has 0 bridgehead atoms. The Bertz CT molecular complexity index is 864. The molecule has 0 saturated carbocycles. The number of aryl methyl sites for hydroxylation is 2. The minimum atomic E-state index is 0.0289. The van der Waals surface area contributed by atoms with E-state index in [0.717, 1.165) is 30.0 Å². The molecular weight excluding hydrogens is 308 g/mol. The lowest BCUT2D eigenvalue weighted by Gasteiger charge is -2.24. The number of benzene rings is 1. The van der Waals surface area contributed by atoms with E-state index >= 15 is 0 Å². The van der Waals surface area contributed by atoms with E-state index in [0.29, 0.717) is 5.01 Å². The lowest BCUT2D eigenvalue weighted by atomic mass is 10.0. The number of rotatable bonds is 2. The molecule has 1 aliphatic rings. The van der Waals surface area contributed by atoms with Crippen molar-refractivity contribution in [3.63, 3.8) is 0 Å². The molecule has 5 nitrogen and oxygen atoms in total. The number of likely N-dealkylation sites (tertiary alicyclic amines) is 1. The van der Waals surface area contributed by atoms with Gasteiger partial charge >= 0.3 is 0 Å². The van der Waals surface area contributed by atoms with E-state index in [1.165, 1.54) is 22.5 Å². The monoisotopic (exact) mass is 326 g/mol. The number of nitrogens with zero attached hydrogens (tertiary/aromatic N) is 4. The summed E-state index contributed by atoms with van der Waals surface area (Å²) in [4.78, 5) is 20.0. The molecule has 0 spiro atoms. The van der Waals surface area contributed by atoms with Gasteiger partial charge in [0.15, 0.2) is 0 Å². The van der Waals surface area contributed by atoms with Gasteiger partial charge in [-0.15, -0.1) is 5.10 Å². The van der Waals surface area contributed by atoms with E-state index in [1.807, 2.05) is 11.8 Å². The zero-order chi connectivity index (χ0) is 16.0. The van der Waals surface area contributed by atoms with Crippen LogP contribution in [-0.4, -0.2) is 31.9 Å². The van der Waals surface area contributed by atoms with Gasteiger partial charge in [-0.3, -0.25) is 4.79 Å². The van der Waals surface area contributed by atoms with Crippen molar-refractivity contribution >= 4 is 22.1 Å². The first-order chi connectivity index (χ1) is 11.1. The average Bonchev–Trinajstić information content (AvgIpc) is 3.25. The molecule has 1 aliphatic heterocycles. The van der Waals surface area contributed by atoms with Crippen LogP contribution in [-0.2, 0) is 0 Å². The quantitative estimate of drug-likeness (QED) is 0.725. The predicted octanol–water partition coefficient (Wildman–Crippen LogP) is 3.38. The second kappa shape index (κ2) is 5.45. The maximum absolute atomic E-state index is 12.9. The third-order valence-electron chi connectivity index (χ3n) is 4.43. The van der Waals surface area contributed by atoms with Gasteiger partial charge in [-0.1, -0.05) is 41.2 Å². The fourth-order valence-corrected chi connectivity index (χ4v) is 4.06. The van der Waals surface area contributed by atoms with Crippen LogP contribution in [0.5, 0.6) is 0 Å². The first kappa shape index (κ1) is 14.4. The standard InChI is InChI=1S/C17H18N4OS/c1-11-5-7-13(8-6-11)14-4-3-9-20(14)17(22)16-19-21-12(2)18-10-15(21)23-16/h5-8,10,14H,3-4,9H2,1-2H3. The van der Waals surface area contributed by atoms with E-state index in [-0.39, 0.29) is 11.9 Å². The van der Waals surface area contributed by atoms with E-state index in [2.05, 4.69) is 41.3 Å². The van der Waals surface area contributed by atoms with Gasteiger partial charge < -0.3 is 4.90 Å². The first-order valence-corrected chi connectivity index (χ1v) is 8.64. The summed E-state index contributed by atoms with van der Waals surface area (Å²) in [5.41, 5.74) is 2.45. The van der Waals surface area contributed by atoms with Crippen molar-refractivity contribution in [2.75, 3.05) is 6.54 Å². The van der Waals surface area contributed by atoms with Crippen molar-refractivity contribution in [1.29, 1.82) is 0 Å². The Balaban J connectivity index is 1.64. The Hall–Kier alpha value is -2.21. The predicted molar refractivity (Wildman–Crippen MR) is 89.8 cm³/mol. The largest absolute Gasteiger partial charge is 0.329 e. The normalized spacial score (nSPS) is 18.0. The third-order valence-corrected chi connectivity index (χ3v) is 5.37. The molecule has 118 valence electrons. The minimum Gasteiger partial charge on any atom is -0.329 e. The van der Waals surface area contributed by atoms with Gasteiger partial charge in [0.05, 0.1) is 12.2 Å². The topological polar surface area (TPSA) is 50.5 Å². The molecule has 0 radical (unpaired) electrons. The fraction of sp³-hybridized carbons (Fsp3) is 0.353. The second-order valence-electron chi connectivity index (χ2n) is 6.03. The van der Waals surface area contributed by atoms with Crippen molar-refractivity contribution in [1.82, 2.24) is 19.5 Å². The molecule has 1 unspecified atom stereocenters. The molecule has 1 amide bonds. The highest BCUT2D eigenvalue weighted by Gasteiger charge is 2.32. The maximum Gasteiger partial charge on any atom is 0.285 e. The van der Waals surface area contributed by atoms with Gasteiger partial charge in [0.2, 0.25) is 5.01 Å². The van der Waals surface area contributed by atoms with Gasteiger partial charge in [-0.25, -0.2) is 9.50 Å². The van der Waals surface area contributed by atoms with E-state index < -0.39 is 0 Å². The Morgan fingerprint density at radius 3 is 2.78 bits per heavy atom. The fourth-order valence-electron chi connectivity index (χ4n) is 3.17. The smallest absolute Gasteiger partial charge is 0.285 e. The number of carbonyl (C=O) groups excluding carboxylic acids is 1. The highest BCUT2D eigenvalue weighted by atomic mass is 32.1. The summed E-state index contributed by atoms with van der Waals surface area (Å²) >= 11 is 1.41. The van der Waals surface area contributed by atoms with Crippen LogP contribution in [0, 0.1) is 13.8 Å². The number of hydrogen-bond donors (Lipinski definition) is 0. The zero-order valence-corrected chi connectivity index (χ0v) is 14.0. The molecule has 1 aromatic carbocycles. The molecule has 4 rings (SSSR count). The van der Waals surface area contributed by atoms with Crippen molar-refractivity contribution < 1.29 is 4.79 Å². The Kier molecular flexibility index (Phi) is 3.41. The molecule has 0 aliphatic carbocycles. The summed E-state index contributed by atoms with van der Waals surface area (Å²) in [6.07, 6.45) is 3.82. The van der Waals surface area contributed by atoms with Crippen molar-refractivity contribution in [2.24, 2.45) is 0 Å². The average molecular weight is 326 g/mol. The highest BCUT2D eigenvalue weighted by Crippen LogP contribution is 2.33. The highest BCUT2D eigenvalue weighted by molar-refractivity contribution is 7.18. The molecule has 3 heterocycles. The summed E-state index contributed by atoms with van der Waals surface area (Å²) < 4.78 is 1.74. The molecule has 23 heavy (non-hydrogen) atoms. The van der Waals surface area contributed by atoms with Gasteiger partial charge in [0, 0.05) is 6.54 Å². The molecule has 1 saturated heterocycles. The summed E-state index contributed by atoms with van der Waals surface area (Å²) in [5, 5.41) is 4.99. The van der Waals surface area contributed by atoms with Crippen molar-refractivity contribution in [2.45, 2.75) is 32.7 Å². The molecule has 3 aromatic rings. The van der Waals surface area contributed by atoms with Crippen molar-refractivity contribution in [3.05, 3.63) is 52.4 Å². The van der Waals surface area contributed by atoms with Crippen molar-refractivity contribution in [3.8, 4) is 0 Å². The van der Waals surface area contributed by atoms with E-state index in [4.69, 9.17) is 0 Å². The van der Waals surface area contributed by atoms with E-state index in [9.17, 15) is 4.79 Å². The maximum atomic E-state index is 12.9. The lowest BCUT2D eigenvalue weighted by molar-refractivity contribution is 0.0734. The molecule has 0 N–H and O–H groups in total. The second-order valence-corrected chi connectivity index (χ2v) is 7.04. The zero-order valence-electron chi connectivity index (χ0n) is 13.2. The van der Waals surface area contributed by atoms with Crippen LogP contribution < -0.4 is 0 Å². The van der Waals surface area contributed by atoms with Crippen LogP contribution in [0.15, 0.2) is 30.5 Å². The SMILES string of the molecule is Cc1ccc(C2CCCN2C(=O)c2nn3c(C)ncc3s2)cc1.